The van der Waals surface area contributed by atoms with Crippen molar-refractivity contribution in [3.63, 3.8) is 0 Å². The molecule has 0 saturated heterocycles. The van der Waals surface area contributed by atoms with Crippen molar-refractivity contribution in [2.75, 3.05) is 40.1 Å². The number of rotatable bonds is 6. The lowest BCUT2D eigenvalue weighted by Crippen LogP contribution is -2.40. The highest BCUT2D eigenvalue weighted by Gasteiger charge is 2.29. The fraction of sp³-hybridized carbons (Fsp3) is 0.909. The maximum atomic E-state index is 11.9. The molecular weight excluding hydrogens is 212 g/mol. The van der Waals surface area contributed by atoms with Crippen LogP contribution in [0.4, 0.5) is 0 Å². The highest BCUT2D eigenvalue weighted by Crippen LogP contribution is 2.19. The minimum absolute atomic E-state index is 0.122. The lowest BCUT2D eigenvalue weighted by molar-refractivity contribution is -0.137. The summed E-state index contributed by atoms with van der Waals surface area (Å²) in [6.45, 7) is 5.55. The van der Waals surface area contributed by atoms with Gasteiger partial charge in [-0.05, 0) is 40.9 Å². The van der Waals surface area contributed by atoms with E-state index in [1.807, 2.05) is 35.0 Å². The monoisotopic (exact) mass is 234 g/mol. The van der Waals surface area contributed by atoms with Crippen molar-refractivity contribution >= 4 is 17.5 Å². The van der Waals surface area contributed by atoms with Crippen LogP contribution in [0.25, 0.3) is 0 Å². The van der Waals surface area contributed by atoms with Crippen molar-refractivity contribution in [2.24, 2.45) is 5.41 Å². The molecule has 0 atom stereocenters. The molecule has 0 rings (SSSR count). The molecule has 0 aliphatic rings. The topological polar surface area (TPSA) is 23.6 Å². The molecule has 1 amide bonds. The minimum Gasteiger partial charge on any atom is -0.345 e. The highest BCUT2D eigenvalue weighted by atomic mass is 35.5. The number of halogens is 1. The Balaban J connectivity index is 4.00. The largest absolute Gasteiger partial charge is 0.345 e. The molecule has 90 valence electrons. The summed E-state index contributed by atoms with van der Waals surface area (Å²) in [5.74, 6) is 0.486. The van der Waals surface area contributed by atoms with Crippen molar-refractivity contribution in [3.8, 4) is 0 Å². The number of carbonyl (C=O) groups is 1. The van der Waals surface area contributed by atoms with Crippen LogP contribution in [0.1, 0.15) is 20.3 Å². The quantitative estimate of drug-likeness (QED) is 0.653. The van der Waals surface area contributed by atoms with Crippen molar-refractivity contribution in [3.05, 3.63) is 0 Å². The maximum Gasteiger partial charge on any atom is 0.229 e. The van der Waals surface area contributed by atoms with Crippen molar-refractivity contribution < 1.29 is 4.79 Å². The Morgan fingerprint density at radius 2 is 1.73 bits per heavy atom. The Bertz CT molecular complexity index is 205. The highest BCUT2D eigenvalue weighted by molar-refractivity contribution is 6.19. The Morgan fingerprint density at radius 3 is 2.13 bits per heavy atom. The zero-order valence-electron chi connectivity index (χ0n) is 10.5. The molecule has 0 aromatic heterocycles. The average Bonchev–Trinajstić information content (AvgIpc) is 2.15. The number of hydrogen-bond acceptors (Lipinski definition) is 2. The van der Waals surface area contributed by atoms with Gasteiger partial charge in [0.05, 0.1) is 5.41 Å². The Kier molecular flexibility index (Phi) is 6.22. The van der Waals surface area contributed by atoms with Gasteiger partial charge in [-0.1, -0.05) is 0 Å². The summed E-state index contributed by atoms with van der Waals surface area (Å²) in [6.07, 6.45) is 0.994. The first-order chi connectivity index (χ1) is 6.81. The van der Waals surface area contributed by atoms with Crippen LogP contribution >= 0.6 is 11.6 Å². The van der Waals surface area contributed by atoms with Gasteiger partial charge in [-0.2, -0.15) is 0 Å². The lowest BCUT2D eigenvalue weighted by Gasteiger charge is -2.27. The fourth-order valence-electron chi connectivity index (χ4n) is 1.30. The van der Waals surface area contributed by atoms with Gasteiger partial charge in [-0.15, -0.1) is 11.6 Å². The first kappa shape index (κ1) is 14.7. The summed E-state index contributed by atoms with van der Waals surface area (Å²) in [7, 11) is 5.90. The molecule has 0 aromatic rings. The summed E-state index contributed by atoms with van der Waals surface area (Å²) in [4.78, 5) is 15.8. The average molecular weight is 235 g/mol. The van der Waals surface area contributed by atoms with Crippen LogP contribution in [0.2, 0.25) is 0 Å². The molecule has 0 spiro atoms. The molecule has 4 heteroatoms. The first-order valence-corrected chi connectivity index (χ1v) is 5.81. The zero-order chi connectivity index (χ0) is 12.1. The van der Waals surface area contributed by atoms with E-state index in [2.05, 4.69) is 4.90 Å². The second-order valence-electron chi connectivity index (χ2n) is 4.90. The van der Waals surface area contributed by atoms with Gasteiger partial charge < -0.3 is 9.80 Å². The van der Waals surface area contributed by atoms with Crippen LogP contribution in [0.5, 0.6) is 0 Å². The van der Waals surface area contributed by atoms with E-state index in [0.717, 1.165) is 19.5 Å². The van der Waals surface area contributed by atoms with Gasteiger partial charge in [0.15, 0.2) is 0 Å². The summed E-state index contributed by atoms with van der Waals surface area (Å²) in [5, 5.41) is 0. The molecule has 3 nitrogen and oxygen atoms in total. The van der Waals surface area contributed by atoms with Crippen LogP contribution in [0.15, 0.2) is 0 Å². The summed E-state index contributed by atoms with van der Waals surface area (Å²) in [5.41, 5.74) is -0.450. The Hall–Kier alpha value is -0.280. The first-order valence-electron chi connectivity index (χ1n) is 5.27. The number of hydrogen-bond donors (Lipinski definition) is 0. The molecule has 0 fully saturated rings. The predicted octanol–water partition coefficient (Wildman–Crippen LogP) is 1.66. The van der Waals surface area contributed by atoms with E-state index in [-0.39, 0.29) is 5.91 Å². The van der Waals surface area contributed by atoms with Gasteiger partial charge in [0.25, 0.3) is 0 Å². The summed E-state index contributed by atoms with van der Waals surface area (Å²) in [6, 6.07) is 0. The van der Waals surface area contributed by atoms with Crippen molar-refractivity contribution in [1.29, 1.82) is 0 Å². The number of amides is 1. The smallest absolute Gasteiger partial charge is 0.229 e. The van der Waals surface area contributed by atoms with Crippen LogP contribution < -0.4 is 0 Å². The van der Waals surface area contributed by atoms with Crippen LogP contribution in [0.3, 0.4) is 0 Å². The molecule has 0 unspecified atom stereocenters. The van der Waals surface area contributed by atoms with E-state index < -0.39 is 5.41 Å². The lowest BCUT2D eigenvalue weighted by atomic mass is 9.94. The molecule has 0 saturated carbocycles. The minimum atomic E-state index is -0.450. The third kappa shape index (κ3) is 5.38. The van der Waals surface area contributed by atoms with Crippen molar-refractivity contribution in [1.82, 2.24) is 9.80 Å². The van der Waals surface area contributed by atoms with Gasteiger partial charge in [-0.25, -0.2) is 0 Å². The predicted molar refractivity (Wildman–Crippen MR) is 65.3 cm³/mol. The standard InChI is InChI=1S/C11H23ClN2O/c1-11(2,9-12)10(15)14(5)8-6-7-13(3)4/h6-9H2,1-5H3. The van der Waals surface area contributed by atoms with E-state index in [4.69, 9.17) is 11.6 Å². The van der Waals surface area contributed by atoms with E-state index in [1.165, 1.54) is 0 Å². The summed E-state index contributed by atoms with van der Waals surface area (Å²) >= 11 is 5.76. The molecule has 0 heterocycles. The third-order valence-electron chi connectivity index (χ3n) is 2.36. The van der Waals surface area contributed by atoms with Crippen LogP contribution in [-0.2, 0) is 4.79 Å². The number of alkyl halides is 1. The second-order valence-corrected chi connectivity index (χ2v) is 5.17. The van der Waals surface area contributed by atoms with E-state index in [0.29, 0.717) is 5.88 Å². The van der Waals surface area contributed by atoms with Crippen LogP contribution in [0, 0.1) is 5.41 Å². The molecule has 0 bridgehead atoms. The molecule has 0 aromatic carbocycles. The molecule has 0 radical (unpaired) electrons. The molecule has 0 N–H and O–H groups in total. The molecule has 0 aliphatic carbocycles. The number of carbonyl (C=O) groups excluding carboxylic acids is 1. The van der Waals surface area contributed by atoms with Gasteiger partial charge in [0.2, 0.25) is 5.91 Å². The van der Waals surface area contributed by atoms with E-state index in [9.17, 15) is 4.79 Å². The van der Waals surface area contributed by atoms with Gasteiger partial charge in [0, 0.05) is 19.5 Å². The van der Waals surface area contributed by atoms with Gasteiger partial charge in [-0.3, -0.25) is 4.79 Å². The van der Waals surface area contributed by atoms with E-state index >= 15 is 0 Å². The SMILES string of the molecule is CN(C)CCCN(C)C(=O)C(C)(C)CCl. The van der Waals surface area contributed by atoms with Crippen LogP contribution in [-0.4, -0.2) is 55.8 Å². The Labute approximate surface area is 98.4 Å². The van der Waals surface area contributed by atoms with Gasteiger partial charge >= 0.3 is 0 Å². The van der Waals surface area contributed by atoms with Crippen molar-refractivity contribution in [2.45, 2.75) is 20.3 Å². The van der Waals surface area contributed by atoms with E-state index in [1.54, 1.807) is 4.90 Å². The summed E-state index contributed by atoms with van der Waals surface area (Å²) < 4.78 is 0. The molecular formula is C11H23ClN2O. The third-order valence-corrected chi connectivity index (χ3v) is 3.03. The fourth-order valence-corrected chi connectivity index (χ4v) is 1.41. The molecule has 15 heavy (non-hydrogen) atoms. The second kappa shape index (κ2) is 6.33. The van der Waals surface area contributed by atoms with Gasteiger partial charge in [0.1, 0.15) is 0 Å². The maximum absolute atomic E-state index is 11.9. The zero-order valence-corrected chi connectivity index (χ0v) is 11.3. The Morgan fingerprint density at radius 1 is 1.20 bits per heavy atom. The molecule has 0 aliphatic heterocycles. The number of nitrogens with zero attached hydrogens (tertiary/aromatic N) is 2. The normalized spacial score (nSPS) is 11.9.